The highest BCUT2D eigenvalue weighted by atomic mass is 19.3. The molecule has 6 nitrogen and oxygen atoms in total. The van der Waals surface area contributed by atoms with Crippen LogP contribution in [0.4, 0.5) is 18.9 Å². The van der Waals surface area contributed by atoms with E-state index in [9.17, 15) is 13.2 Å². The quantitative estimate of drug-likeness (QED) is 0.420. The Labute approximate surface area is 112 Å². The fourth-order valence-electron chi connectivity index (χ4n) is 1.11. The number of nitrogens with one attached hydrogen (secondary N) is 2. The third-order valence-corrected chi connectivity index (χ3v) is 1.95. The Bertz CT molecular complexity index is 568. The van der Waals surface area contributed by atoms with Crippen LogP contribution in [0, 0.1) is 22.6 Å². The van der Waals surface area contributed by atoms with Gasteiger partial charge < -0.3 is 10.5 Å². The number of hydrogen-bond acceptors (Lipinski definition) is 5. The molecular formula is C11H10F3N5O. The van der Waals surface area contributed by atoms with E-state index in [0.29, 0.717) is 0 Å². The van der Waals surface area contributed by atoms with Crippen LogP contribution in [0.25, 0.3) is 0 Å². The molecule has 0 aliphatic rings. The van der Waals surface area contributed by atoms with Gasteiger partial charge in [0, 0.05) is 6.07 Å². The van der Waals surface area contributed by atoms with E-state index in [0.717, 1.165) is 12.1 Å². The first-order valence-electron chi connectivity index (χ1n) is 5.22. The first-order valence-corrected chi connectivity index (χ1v) is 5.22. The van der Waals surface area contributed by atoms with Crippen LogP contribution in [0.15, 0.2) is 23.3 Å². The van der Waals surface area contributed by atoms with E-state index in [1.807, 2.05) is 0 Å². The molecule has 0 aliphatic heterocycles. The number of benzene rings is 1. The fourth-order valence-corrected chi connectivity index (χ4v) is 1.11. The van der Waals surface area contributed by atoms with Gasteiger partial charge in [-0.05, 0) is 12.1 Å². The summed E-state index contributed by atoms with van der Waals surface area (Å²) in [5.41, 5.74) is 7.14. The molecule has 106 valence electrons. The normalized spacial score (nSPS) is 11.1. The van der Waals surface area contributed by atoms with Crippen molar-refractivity contribution in [1.82, 2.24) is 0 Å². The highest BCUT2D eigenvalue weighted by Gasteiger charge is 2.09. The van der Waals surface area contributed by atoms with Crippen molar-refractivity contribution >= 4 is 17.2 Å². The number of nitrogens with zero attached hydrogens (tertiary/aromatic N) is 2. The molecule has 0 aromatic heterocycles. The molecule has 0 aliphatic carbocycles. The van der Waals surface area contributed by atoms with Gasteiger partial charge in [0.1, 0.15) is 12.7 Å². The summed E-state index contributed by atoms with van der Waals surface area (Å²) in [5, 5.41) is 19.1. The second kappa shape index (κ2) is 6.98. The highest BCUT2D eigenvalue weighted by molar-refractivity contribution is 6.45. The molecule has 0 radical (unpaired) electrons. The lowest BCUT2D eigenvalue weighted by Gasteiger charge is -2.08. The summed E-state index contributed by atoms with van der Waals surface area (Å²) < 4.78 is 41.8. The lowest BCUT2D eigenvalue weighted by atomic mass is 10.3. The number of nitrogens with two attached hydrogens (primary N) is 1. The van der Waals surface area contributed by atoms with E-state index in [1.54, 1.807) is 6.07 Å². The number of hydrazone groups is 1. The topological polar surface area (TPSA) is 107 Å². The number of ether oxygens (including phenoxy) is 1. The summed E-state index contributed by atoms with van der Waals surface area (Å²) in [4.78, 5) is 0. The van der Waals surface area contributed by atoms with Crippen LogP contribution in [-0.2, 0) is 0 Å². The zero-order valence-electron chi connectivity index (χ0n) is 10.0. The van der Waals surface area contributed by atoms with Gasteiger partial charge in [-0.25, -0.2) is 13.2 Å². The largest absolute Gasteiger partial charge is 0.485 e. The molecule has 1 rings (SSSR count). The summed E-state index contributed by atoms with van der Waals surface area (Å²) in [6, 6.07) is 4.95. The van der Waals surface area contributed by atoms with Gasteiger partial charge in [0.15, 0.2) is 17.4 Å². The van der Waals surface area contributed by atoms with E-state index in [-0.39, 0.29) is 17.1 Å². The van der Waals surface area contributed by atoms with Crippen molar-refractivity contribution in [3.63, 3.8) is 0 Å². The molecule has 0 saturated heterocycles. The van der Waals surface area contributed by atoms with Gasteiger partial charge in [-0.1, -0.05) is 0 Å². The zero-order chi connectivity index (χ0) is 15.1. The van der Waals surface area contributed by atoms with Gasteiger partial charge in [0.25, 0.3) is 6.43 Å². The maximum absolute atomic E-state index is 13.5. The van der Waals surface area contributed by atoms with Crippen LogP contribution in [0.5, 0.6) is 5.75 Å². The minimum absolute atomic E-state index is 0.140. The van der Waals surface area contributed by atoms with Crippen molar-refractivity contribution in [2.24, 2.45) is 10.8 Å². The third-order valence-electron chi connectivity index (χ3n) is 1.95. The number of hydrogen-bond donors (Lipinski definition) is 3. The van der Waals surface area contributed by atoms with E-state index >= 15 is 0 Å². The summed E-state index contributed by atoms with van der Waals surface area (Å²) >= 11 is 0. The standard InChI is InChI=1S/C11H10F3N5O/c12-7-3-6(18-19-8(4-15)11(16)17)1-2-9(7)20-5-10(13)14/h1-3,10,18H,5H2,(H3,16,17)/b19-8+. The summed E-state index contributed by atoms with van der Waals surface area (Å²) in [6.45, 7) is -0.912. The van der Waals surface area contributed by atoms with Crippen LogP contribution in [0.1, 0.15) is 0 Å². The molecule has 0 unspecified atom stereocenters. The Morgan fingerprint density at radius 2 is 2.25 bits per heavy atom. The number of alkyl halides is 2. The molecule has 1 aromatic carbocycles. The molecule has 0 fully saturated rings. The molecule has 0 saturated carbocycles. The molecule has 0 bridgehead atoms. The molecule has 0 heterocycles. The minimum atomic E-state index is -2.70. The lowest BCUT2D eigenvalue weighted by Crippen LogP contribution is -2.21. The van der Waals surface area contributed by atoms with Crippen molar-refractivity contribution in [3.8, 4) is 11.8 Å². The Balaban J connectivity index is 2.78. The maximum atomic E-state index is 13.5. The number of anilines is 1. The number of rotatable bonds is 6. The Kier molecular flexibility index (Phi) is 5.34. The first-order chi connectivity index (χ1) is 9.43. The Hall–Kier alpha value is -2.76. The van der Waals surface area contributed by atoms with E-state index in [2.05, 4.69) is 15.3 Å². The van der Waals surface area contributed by atoms with E-state index in [4.69, 9.17) is 16.4 Å². The molecule has 0 atom stereocenters. The number of halogens is 3. The van der Waals surface area contributed by atoms with Gasteiger partial charge in [-0.15, -0.1) is 0 Å². The average molecular weight is 285 g/mol. The molecule has 0 amide bonds. The SMILES string of the molecule is N#C/C(=N\Nc1ccc(OCC(F)F)c(F)c1)C(=N)N. The van der Waals surface area contributed by atoms with Crippen molar-refractivity contribution in [1.29, 1.82) is 10.7 Å². The van der Waals surface area contributed by atoms with Crippen molar-refractivity contribution in [2.45, 2.75) is 6.43 Å². The van der Waals surface area contributed by atoms with Crippen LogP contribution < -0.4 is 15.9 Å². The predicted octanol–water partition coefficient (Wildman–Crippen LogP) is 1.70. The molecule has 4 N–H and O–H groups in total. The second-order valence-electron chi connectivity index (χ2n) is 3.44. The van der Waals surface area contributed by atoms with Crippen LogP contribution in [-0.4, -0.2) is 24.6 Å². The summed E-state index contributed by atoms with van der Waals surface area (Å²) in [5.74, 6) is -1.74. The lowest BCUT2D eigenvalue weighted by molar-refractivity contribution is 0.0799. The molecule has 0 spiro atoms. The van der Waals surface area contributed by atoms with E-state index < -0.39 is 24.7 Å². The van der Waals surface area contributed by atoms with Crippen LogP contribution in [0.3, 0.4) is 0 Å². The fraction of sp³-hybridized carbons (Fsp3) is 0.182. The summed E-state index contributed by atoms with van der Waals surface area (Å²) in [7, 11) is 0. The zero-order valence-corrected chi connectivity index (χ0v) is 10.0. The van der Waals surface area contributed by atoms with Gasteiger partial charge >= 0.3 is 0 Å². The minimum Gasteiger partial charge on any atom is -0.485 e. The van der Waals surface area contributed by atoms with Gasteiger partial charge in [0.2, 0.25) is 5.71 Å². The van der Waals surface area contributed by atoms with Crippen molar-refractivity contribution in [2.75, 3.05) is 12.0 Å². The van der Waals surface area contributed by atoms with Gasteiger partial charge in [-0.3, -0.25) is 10.8 Å². The van der Waals surface area contributed by atoms with Crippen LogP contribution in [0.2, 0.25) is 0 Å². The predicted molar refractivity (Wildman–Crippen MR) is 66.5 cm³/mol. The van der Waals surface area contributed by atoms with Gasteiger partial charge in [-0.2, -0.15) is 10.4 Å². The Morgan fingerprint density at radius 1 is 1.55 bits per heavy atom. The first kappa shape index (κ1) is 15.3. The average Bonchev–Trinajstić information content (AvgIpc) is 2.37. The van der Waals surface area contributed by atoms with Crippen molar-refractivity contribution in [3.05, 3.63) is 24.0 Å². The van der Waals surface area contributed by atoms with Crippen molar-refractivity contribution < 1.29 is 17.9 Å². The molecule has 20 heavy (non-hydrogen) atoms. The summed E-state index contributed by atoms with van der Waals surface area (Å²) in [6.07, 6.45) is -2.70. The number of amidine groups is 1. The van der Waals surface area contributed by atoms with Gasteiger partial charge in [0.05, 0.1) is 5.69 Å². The Morgan fingerprint density at radius 3 is 2.75 bits per heavy atom. The van der Waals surface area contributed by atoms with E-state index in [1.165, 1.54) is 6.07 Å². The molecule has 9 heteroatoms. The molecule has 1 aromatic rings. The maximum Gasteiger partial charge on any atom is 0.272 e. The second-order valence-corrected chi connectivity index (χ2v) is 3.44. The molecular weight excluding hydrogens is 275 g/mol. The van der Waals surface area contributed by atoms with Crippen LogP contribution >= 0.6 is 0 Å². The number of nitriles is 1. The smallest absolute Gasteiger partial charge is 0.272 e. The monoisotopic (exact) mass is 285 g/mol. The third kappa shape index (κ3) is 4.49. The highest BCUT2D eigenvalue weighted by Crippen LogP contribution is 2.21.